The van der Waals surface area contributed by atoms with Crippen molar-refractivity contribution in [1.82, 2.24) is 14.8 Å². The van der Waals surface area contributed by atoms with Crippen molar-refractivity contribution in [3.63, 3.8) is 0 Å². The number of likely N-dealkylation sites (tertiary alicyclic amines) is 1. The topological polar surface area (TPSA) is 74.8 Å². The van der Waals surface area contributed by atoms with Gasteiger partial charge in [-0.25, -0.2) is 4.98 Å². The maximum Gasteiger partial charge on any atom is 0.245 e. The lowest BCUT2D eigenvalue weighted by molar-refractivity contribution is -0.130. The SMILES string of the molecule is CC(=O)N1CCCC[C@@]2(CCCN2Cc2scnc2C)C(=O)Nc2ccccc2OCC1. The smallest absolute Gasteiger partial charge is 0.245 e. The molecule has 1 spiro atoms. The maximum absolute atomic E-state index is 13.8. The van der Waals surface area contributed by atoms with Gasteiger partial charge >= 0.3 is 0 Å². The number of rotatable bonds is 2. The summed E-state index contributed by atoms with van der Waals surface area (Å²) >= 11 is 1.65. The van der Waals surface area contributed by atoms with Gasteiger partial charge in [0.1, 0.15) is 17.9 Å². The molecule has 4 rings (SSSR count). The van der Waals surface area contributed by atoms with Crippen LogP contribution in [0.25, 0.3) is 0 Å². The van der Waals surface area contributed by atoms with E-state index in [-0.39, 0.29) is 11.8 Å². The van der Waals surface area contributed by atoms with E-state index in [2.05, 4.69) is 15.2 Å². The Kier molecular flexibility index (Phi) is 7.10. The molecule has 0 bridgehead atoms. The Morgan fingerprint density at radius 1 is 1.19 bits per heavy atom. The zero-order valence-electron chi connectivity index (χ0n) is 18.9. The van der Waals surface area contributed by atoms with E-state index in [1.54, 1.807) is 18.3 Å². The van der Waals surface area contributed by atoms with E-state index < -0.39 is 5.54 Å². The van der Waals surface area contributed by atoms with Crippen molar-refractivity contribution in [3.05, 3.63) is 40.3 Å². The minimum Gasteiger partial charge on any atom is -0.490 e. The molecular formula is C24H32N4O3S. The Bertz CT molecular complexity index is 962. The van der Waals surface area contributed by atoms with E-state index in [9.17, 15) is 9.59 Å². The molecule has 1 aromatic carbocycles. The number of thiazole rings is 1. The normalized spacial score (nSPS) is 22.9. The molecule has 8 heteroatoms. The van der Waals surface area contributed by atoms with Crippen molar-refractivity contribution in [2.45, 2.75) is 58.0 Å². The summed E-state index contributed by atoms with van der Waals surface area (Å²) in [5.41, 5.74) is 3.03. The Hall–Kier alpha value is -2.45. The summed E-state index contributed by atoms with van der Waals surface area (Å²) in [6.45, 7) is 6.89. The lowest BCUT2D eigenvalue weighted by atomic mass is 9.88. The van der Waals surface area contributed by atoms with Crippen molar-refractivity contribution in [2.24, 2.45) is 0 Å². The number of para-hydroxylation sites is 2. The van der Waals surface area contributed by atoms with Gasteiger partial charge in [0.05, 0.1) is 23.4 Å². The fourth-order valence-corrected chi connectivity index (χ4v) is 5.61. The van der Waals surface area contributed by atoms with Gasteiger partial charge in [-0.1, -0.05) is 12.1 Å². The second kappa shape index (κ2) is 10.0. The Morgan fingerprint density at radius 3 is 2.78 bits per heavy atom. The third kappa shape index (κ3) is 4.81. The van der Waals surface area contributed by atoms with Gasteiger partial charge in [0.15, 0.2) is 0 Å². The summed E-state index contributed by atoms with van der Waals surface area (Å²) in [4.78, 5) is 35.7. The molecule has 1 fully saturated rings. The summed E-state index contributed by atoms with van der Waals surface area (Å²) in [5, 5.41) is 3.19. The first-order valence-electron chi connectivity index (χ1n) is 11.4. The summed E-state index contributed by atoms with van der Waals surface area (Å²) in [5.74, 6) is 0.737. The molecular weight excluding hydrogens is 424 g/mol. The Morgan fingerprint density at radius 2 is 2.00 bits per heavy atom. The summed E-state index contributed by atoms with van der Waals surface area (Å²) in [7, 11) is 0. The number of hydrogen-bond acceptors (Lipinski definition) is 6. The minimum atomic E-state index is -0.571. The average molecular weight is 457 g/mol. The number of nitrogens with zero attached hydrogens (tertiary/aromatic N) is 3. The number of hydrogen-bond donors (Lipinski definition) is 1. The molecule has 172 valence electrons. The molecule has 0 saturated carbocycles. The zero-order valence-corrected chi connectivity index (χ0v) is 19.7. The second-order valence-electron chi connectivity index (χ2n) is 8.68. The molecule has 32 heavy (non-hydrogen) atoms. The third-order valence-corrected chi connectivity index (χ3v) is 7.61. The summed E-state index contributed by atoms with van der Waals surface area (Å²) < 4.78 is 5.98. The largest absolute Gasteiger partial charge is 0.490 e. The molecule has 1 aromatic heterocycles. The van der Waals surface area contributed by atoms with Crippen LogP contribution in [-0.4, -0.2) is 58.4 Å². The van der Waals surface area contributed by atoms with Crippen molar-refractivity contribution in [3.8, 4) is 5.75 Å². The molecule has 2 amide bonds. The lowest BCUT2D eigenvalue weighted by Crippen LogP contribution is -2.52. The highest BCUT2D eigenvalue weighted by Gasteiger charge is 2.47. The van der Waals surface area contributed by atoms with Crippen LogP contribution in [0.3, 0.4) is 0 Å². The highest BCUT2D eigenvalue weighted by Crippen LogP contribution is 2.38. The molecule has 0 radical (unpaired) electrons. The van der Waals surface area contributed by atoms with Crippen LogP contribution >= 0.6 is 11.3 Å². The molecule has 0 aliphatic carbocycles. The van der Waals surface area contributed by atoms with Gasteiger partial charge in [-0.15, -0.1) is 11.3 Å². The third-order valence-electron chi connectivity index (χ3n) is 6.69. The predicted molar refractivity (Wildman–Crippen MR) is 126 cm³/mol. The number of ether oxygens (including phenoxy) is 1. The molecule has 7 nitrogen and oxygen atoms in total. The molecule has 3 heterocycles. The van der Waals surface area contributed by atoms with Crippen LogP contribution in [0.5, 0.6) is 5.75 Å². The van der Waals surface area contributed by atoms with Crippen LogP contribution in [-0.2, 0) is 16.1 Å². The highest BCUT2D eigenvalue weighted by atomic mass is 32.1. The fourth-order valence-electron chi connectivity index (χ4n) is 4.82. The van der Waals surface area contributed by atoms with E-state index in [0.717, 1.165) is 50.9 Å². The quantitative estimate of drug-likeness (QED) is 0.743. The van der Waals surface area contributed by atoms with E-state index >= 15 is 0 Å². The molecule has 2 aromatic rings. The first-order chi connectivity index (χ1) is 15.5. The number of aryl methyl sites for hydroxylation is 1. The van der Waals surface area contributed by atoms with Crippen LogP contribution in [0, 0.1) is 6.92 Å². The fraction of sp³-hybridized carbons (Fsp3) is 0.542. The molecule has 2 aliphatic heterocycles. The van der Waals surface area contributed by atoms with Crippen LogP contribution in [0.1, 0.15) is 49.6 Å². The number of aromatic nitrogens is 1. The van der Waals surface area contributed by atoms with Gasteiger partial charge in [0.25, 0.3) is 0 Å². The molecule has 1 N–H and O–H groups in total. The van der Waals surface area contributed by atoms with Crippen LogP contribution in [0.2, 0.25) is 0 Å². The summed E-state index contributed by atoms with van der Waals surface area (Å²) in [6, 6.07) is 7.56. The van der Waals surface area contributed by atoms with Crippen molar-refractivity contribution < 1.29 is 14.3 Å². The number of anilines is 1. The summed E-state index contributed by atoms with van der Waals surface area (Å²) in [6.07, 6.45) is 4.34. The van der Waals surface area contributed by atoms with E-state index in [0.29, 0.717) is 31.1 Å². The maximum atomic E-state index is 13.8. The first-order valence-corrected chi connectivity index (χ1v) is 12.3. The first kappa shape index (κ1) is 22.7. The van der Waals surface area contributed by atoms with Crippen LogP contribution < -0.4 is 10.1 Å². The Balaban J connectivity index is 1.64. The average Bonchev–Trinajstić information content (AvgIpc) is 3.37. The van der Waals surface area contributed by atoms with Crippen molar-refractivity contribution >= 4 is 28.8 Å². The number of carbonyl (C=O) groups excluding carboxylic acids is 2. The second-order valence-corrected chi connectivity index (χ2v) is 9.62. The van der Waals surface area contributed by atoms with E-state index in [4.69, 9.17) is 4.74 Å². The van der Waals surface area contributed by atoms with Gasteiger partial charge < -0.3 is 15.0 Å². The molecule has 2 aliphatic rings. The molecule has 1 saturated heterocycles. The number of fused-ring (bicyclic) bond motifs is 1. The zero-order chi connectivity index (χ0) is 22.6. The van der Waals surface area contributed by atoms with Gasteiger partial charge in [0.2, 0.25) is 11.8 Å². The number of nitrogens with one attached hydrogen (secondary N) is 1. The number of carbonyl (C=O) groups is 2. The standard InChI is InChI=1S/C24H32N4O3S/c1-18-22(32-17-25-18)16-28-13-7-11-24(28)10-5-6-12-27(19(2)29)14-15-31-21-9-4-3-8-20(21)26-23(24)30/h3-4,8-9,17H,5-7,10-16H2,1-2H3,(H,26,30)/t24-/m1/s1. The minimum absolute atomic E-state index is 0.0379. The highest BCUT2D eigenvalue weighted by molar-refractivity contribution is 7.09. The van der Waals surface area contributed by atoms with Crippen LogP contribution in [0.15, 0.2) is 29.8 Å². The van der Waals surface area contributed by atoms with E-state index in [1.807, 2.05) is 41.6 Å². The molecule has 1 atom stereocenters. The van der Waals surface area contributed by atoms with Gasteiger partial charge in [-0.3, -0.25) is 14.5 Å². The van der Waals surface area contributed by atoms with Crippen molar-refractivity contribution in [1.29, 1.82) is 0 Å². The van der Waals surface area contributed by atoms with Crippen molar-refractivity contribution in [2.75, 3.05) is 31.6 Å². The van der Waals surface area contributed by atoms with E-state index in [1.165, 1.54) is 4.88 Å². The molecule has 0 unspecified atom stereocenters. The lowest BCUT2D eigenvalue weighted by Gasteiger charge is -2.37. The van der Waals surface area contributed by atoms with Gasteiger partial charge in [0, 0.05) is 24.9 Å². The number of amides is 2. The monoisotopic (exact) mass is 456 g/mol. The number of benzene rings is 1. The predicted octanol–water partition coefficient (Wildman–Crippen LogP) is 3.84. The van der Waals surface area contributed by atoms with Crippen LogP contribution in [0.4, 0.5) is 5.69 Å². The van der Waals surface area contributed by atoms with Gasteiger partial charge in [-0.2, -0.15) is 0 Å². The Labute approximate surface area is 193 Å². The van der Waals surface area contributed by atoms with Gasteiger partial charge in [-0.05, 0) is 57.7 Å².